The van der Waals surface area contributed by atoms with E-state index in [0.29, 0.717) is 5.01 Å². The van der Waals surface area contributed by atoms with Gasteiger partial charge in [0.2, 0.25) is 0 Å². The molecule has 0 saturated heterocycles. The van der Waals surface area contributed by atoms with Crippen molar-refractivity contribution in [1.82, 2.24) is 9.91 Å². The zero-order valence-corrected chi connectivity index (χ0v) is 15.0. The molecule has 0 aromatic heterocycles. The van der Waals surface area contributed by atoms with Gasteiger partial charge in [-0.2, -0.15) is 5.01 Å². The lowest BCUT2D eigenvalue weighted by Gasteiger charge is -2.19. The molecule has 0 heterocycles. The molecule has 2 rings (SSSR count). The van der Waals surface area contributed by atoms with E-state index in [1.54, 1.807) is 12.1 Å². The highest BCUT2D eigenvalue weighted by atomic mass is 16.6. The van der Waals surface area contributed by atoms with Crippen molar-refractivity contribution in [3.8, 4) is 0 Å². The van der Waals surface area contributed by atoms with E-state index in [2.05, 4.69) is 5.29 Å². The fourth-order valence-corrected chi connectivity index (χ4v) is 2.12. The van der Waals surface area contributed by atoms with Crippen LogP contribution < -0.4 is 0 Å². The summed E-state index contributed by atoms with van der Waals surface area (Å²) in [6.45, 7) is 0.132. The Balaban J connectivity index is 1.73. The Labute approximate surface area is 157 Å². The molecule has 8 nitrogen and oxygen atoms in total. The Hall–Kier alpha value is -3.42. The van der Waals surface area contributed by atoms with Crippen molar-refractivity contribution in [2.75, 3.05) is 20.1 Å². The predicted molar refractivity (Wildman–Crippen MR) is 98.4 cm³/mol. The number of rotatable bonds is 8. The smallest absolute Gasteiger partial charge is 0.433 e. The van der Waals surface area contributed by atoms with E-state index in [1.807, 2.05) is 48.5 Å². The van der Waals surface area contributed by atoms with Crippen molar-refractivity contribution in [3.05, 3.63) is 76.7 Å². The predicted octanol–water partition coefficient (Wildman–Crippen LogP) is 3.58. The van der Waals surface area contributed by atoms with Crippen molar-refractivity contribution in [2.45, 2.75) is 13.2 Å². The molecule has 0 bridgehead atoms. The van der Waals surface area contributed by atoms with Gasteiger partial charge in [0.1, 0.15) is 13.2 Å². The van der Waals surface area contributed by atoms with Crippen LogP contribution in [0.1, 0.15) is 11.1 Å². The summed E-state index contributed by atoms with van der Waals surface area (Å²) in [7, 11) is 1.51. The third-order valence-electron chi connectivity index (χ3n) is 3.68. The van der Waals surface area contributed by atoms with Crippen LogP contribution in [0.3, 0.4) is 0 Å². The molecule has 0 radical (unpaired) electrons. The second-order valence-electron chi connectivity index (χ2n) is 5.71. The molecule has 0 spiro atoms. The van der Waals surface area contributed by atoms with Crippen molar-refractivity contribution >= 4 is 12.2 Å². The molecule has 0 fully saturated rings. The zero-order valence-electron chi connectivity index (χ0n) is 15.0. The second kappa shape index (κ2) is 10.5. The molecular formula is C19H21N3O5. The van der Waals surface area contributed by atoms with Crippen LogP contribution in [0.25, 0.3) is 0 Å². The summed E-state index contributed by atoms with van der Waals surface area (Å²) < 4.78 is 10.2. The number of amides is 2. The van der Waals surface area contributed by atoms with Crippen LogP contribution in [0.2, 0.25) is 0 Å². The quantitative estimate of drug-likeness (QED) is 0.523. The molecule has 142 valence electrons. The largest absolute Gasteiger partial charge is 0.445 e. The third kappa shape index (κ3) is 6.77. The topological polar surface area (TPSA) is 88.5 Å². The first kappa shape index (κ1) is 19.9. The van der Waals surface area contributed by atoms with E-state index < -0.39 is 12.2 Å². The third-order valence-corrected chi connectivity index (χ3v) is 3.68. The van der Waals surface area contributed by atoms with E-state index in [4.69, 9.17) is 9.47 Å². The Morgan fingerprint density at radius 1 is 0.815 bits per heavy atom. The van der Waals surface area contributed by atoms with Gasteiger partial charge in [0.15, 0.2) is 0 Å². The molecular weight excluding hydrogens is 350 g/mol. The van der Waals surface area contributed by atoms with Crippen molar-refractivity contribution in [3.63, 3.8) is 0 Å². The highest BCUT2D eigenvalue weighted by molar-refractivity contribution is 5.68. The number of hydrogen-bond donors (Lipinski definition) is 0. The summed E-state index contributed by atoms with van der Waals surface area (Å²) >= 11 is 0. The van der Waals surface area contributed by atoms with E-state index >= 15 is 0 Å². The summed E-state index contributed by atoms with van der Waals surface area (Å²) in [6.07, 6.45) is -1.44. The summed E-state index contributed by atoms with van der Waals surface area (Å²) in [5.41, 5.74) is 1.65. The van der Waals surface area contributed by atoms with Crippen LogP contribution in [-0.2, 0) is 22.7 Å². The fraction of sp³-hybridized carbons (Fsp3) is 0.263. The van der Waals surface area contributed by atoms with Crippen LogP contribution in [0.5, 0.6) is 0 Å². The maximum Gasteiger partial charge on any atom is 0.433 e. The maximum atomic E-state index is 12.0. The van der Waals surface area contributed by atoms with Crippen LogP contribution in [0, 0.1) is 4.91 Å². The van der Waals surface area contributed by atoms with Gasteiger partial charge in [-0.15, -0.1) is 4.91 Å². The molecule has 0 aliphatic heterocycles. The molecule has 27 heavy (non-hydrogen) atoms. The average Bonchev–Trinajstić information content (AvgIpc) is 2.72. The van der Waals surface area contributed by atoms with E-state index in [1.165, 1.54) is 11.9 Å². The molecule has 2 aromatic rings. The molecule has 0 atom stereocenters. The van der Waals surface area contributed by atoms with Gasteiger partial charge in [0.25, 0.3) is 0 Å². The number of nitroso groups, excluding NO2 is 1. The molecule has 0 unspecified atom stereocenters. The number of nitrogens with zero attached hydrogens (tertiary/aromatic N) is 3. The highest BCUT2D eigenvalue weighted by Gasteiger charge is 2.18. The molecule has 0 saturated carbocycles. The minimum absolute atomic E-state index is 0.0284. The minimum atomic E-state index is -0.875. The number of likely N-dealkylation sites (N-methyl/N-ethyl adjacent to an activating group) is 1. The zero-order chi connectivity index (χ0) is 19.5. The maximum absolute atomic E-state index is 12.0. The lowest BCUT2D eigenvalue weighted by Crippen LogP contribution is -2.37. The van der Waals surface area contributed by atoms with Crippen LogP contribution in [0.15, 0.2) is 65.9 Å². The van der Waals surface area contributed by atoms with Gasteiger partial charge in [0.05, 0.1) is 11.8 Å². The number of benzene rings is 2. The van der Waals surface area contributed by atoms with Gasteiger partial charge in [-0.05, 0) is 11.1 Å². The van der Waals surface area contributed by atoms with E-state index in [0.717, 1.165) is 11.1 Å². The van der Waals surface area contributed by atoms with Crippen LogP contribution >= 0.6 is 0 Å². The van der Waals surface area contributed by atoms with E-state index in [-0.39, 0.29) is 26.3 Å². The van der Waals surface area contributed by atoms with Crippen molar-refractivity contribution < 1.29 is 19.1 Å². The van der Waals surface area contributed by atoms with Gasteiger partial charge < -0.3 is 14.4 Å². The van der Waals surface area contributed by atoms with Crippen LogP contribution in [-0.4, -0.2) is 42.2 Å². The first-order valence-corrected chi connectivity index (χ1v) is 8.33. The van der Waals surface area contributed by atoms with Gasteiger partial charge >= 0.3 is 12.2 Å². The van der Waals surface area contributed by atoms with Gasteiger partial charge in [-0.3, -0.25) is 0 Å². The number of carbonyl (C=O) groups is 2. The SMILES string of the molecule is CN(CCN(N=O)C(=O)OCc1ccccc1)C(=O)OCc1ccccc1. The molecule has 0 N–H and O–H groups in total. The fourth-order valence-electron chi connectivity index (χ4n) is 2.12. The Morgan fingerprint density at radius 3 is 1.78 bits per heavy atom. The van der Waals surface area contributed by atoms with E-state index in [9.17, 15) is 14.5 Å². The number of carbonyl (C=O) groups excluding carboxylic acids is 2. The lowest BCUT2D eigenvalue weighted by atomic mass is 10.2. The van der Waals surface area contributed by atoms with Crippen LogP contribution in [0.4, 0.5) is 9.59 Å². The monoisotopic (exact) mass is 371 g/mol. The Kier molecular flexibility index (Phi) is 7.77. The molecule has 0 aliphatic rings. The van der Waals surface area contributed by atoms with Gasteiger partial charge in [-0.25, -0.2) is 9.59 Å². The number of hydrogen-bond acceptors (Lipinski definition) is 6. The summed E-state index contributed by atoms with van der Waals surface area (Å²) in [5.74, 6) is 0. The minimum Gasteiger partial charge on any atom is -0.445 e. The van der Waals surface area contributed by atoms with Gasteiger partial charge in [0, 0.05) is 13.6 Å². The molecule has 0 aliphatic carbocycles. The second-order valence-corrected chi connectivity index (χ2v) is 5.71. The molecule has 2 aromatic carbocycles. The first-order chi connectivity index (χ1) is 13.1. The first-order valence-electron chi connectivity index (χ1n) is 8.33. The molecule has 2 amide bonds. The summed E-state index contributed by atoms with van der Waals surface area (Å²) in [5, 5.41) is 3.28. The number of ether oxygens (including phenoxy) is 2. The highest BCUT2D eigenvalue weighted by Crippen LogP contribution is 2.05. The lowest BCUT2D eigenvalue weighted by molar-refractivity contribution is 0.0839. The van der Waals surface area contributed by atoms with Crippen molar-refractivity contribution in [1.29, 1.82) is 0 Å². The summed E-state index contributed by atoms with van der Waals surface area (Å²) in [4.78, 5) is 36.0. The van der Waals surface area contributed by atoms with Crippen molar-refractivity contribution in [2.24, 2.45) is 5.29 Å². The average molecular weight is 371 g/mol. The Morgan fingerprint density at radius 2 is 1.30 bits per heavy atom. The van der Waals surface area contributed by atoms with Gasteiger partial charge in [-0.1, -0.05) is 60.7 Å². The molecule has 8 heteroatoms. The standard InChI is InChI=1S/C19H21N3O5/c1-21(18(23)26-14-16-8-4-2-5-9-16)12-13-22(20-25)19(24)27-15-17-10-6-3-7-11-17/h2-11H,12-15H2,1H3. The normalized spacial score (nSPS) is 9.96. The summed E-state index contributed by atoms with van der Waals surface area (Å²) in [6, 6.07) is 18.3. The Bertz CT molecular complexity index is 740.